The minimum Gasteiger partial charge on any atom is -0.485 e. The lowest BCUT2D eigenvalue weighted by Gasteiger charge is -2.07. The molecule has 0 unspecified atom stereocenters. The van der Waals surface area contributed by atoms with Crippen molar-refractivity contribution in [1.82, 2.24) is 0 Å². The molecule has 0 atom stereocenters. The summed E-state index contributed by atoms with van der Waals surface area (Å²) < 4.78 is 19.9. The fourth-order valence-corrected chi connectivity index (χ4v) is 2.90. The van der Waals surface area contributed by atoms with E-state index in [9.17, 15) is 14.5 Å². The van der Waals surface area contributed by atoms with Gasteiger partial charge < -0.3 is 4.74 Å². The Morgan fingerprint density at radius 2 is 2.26 bits per heavy atom. The van der Waals surface area contributed by atoms with Gasteiger partial charge in [-0.05, 0) is 40.4 Å². The summed E-state index contributed by atoms with van der Waals surface area (Å²) in [5, 5.41) is 12.6. The molecular weight excluding hydrogens is 337 g/mol. The summed E-state index contributed by atoms with van der Waals surface area (Å²) in [6, 6.07) is 4.10. The van der Waals surface area contributed by atoms with E-state index in [-0.39, 0.29) is 18.0 Å². The maximum atomic E-state index is 13.7. The number of thiophene rings is 1. The Bertz CT molecular complexity index is 629. The van der Waals surface area contributed by atoms with Gasteiger partial charge in [0.15, 0.2) is 11.6 Å². The molecule has 19 heavy (non-hydrogen) atoms. The van der Waals surface area contributed by atoms with Crippen LogP contribution >= 0.6 is 27.3 Å². The lowest BCUT2D eigenvalue weighted by atomic mass is 10.2. The van der Waals surface area contributed by atoms with Crippen molar-refractivity contribution in [2.75, 3.05) is 0 Å². The van der Waals surface area contributed by atoms with Gasteiger partial charge in [0.1, 0.15) is 6.61 Å². The highest BCUT2D eigenvalue weighted by molar-refractivity contribution is 9.10. The van der Waals surface area contributed by atoms with Crippen molar-refractivity contribution in [3.8, 4) is 5.75 Å². The molecule has 1 heterocycles. The number of nitro groups is 1. The van der Waals surface area contributed by atoms with Gasteiger partial charge in [0, 0.05) is 10.0 Å². The highest BCUT2D eigenvalue weighted by Gasteiger charge is 2.16. The molecule has 0 fully saturated rings. The van der Waals surface area contributed by atoms with Crippen molar-refractivity contribution in [3.05, 3.63) is 54.4 Å². The van der Waals surface area contributed by atoms with Gasteiger partial charge >= 0.3 is 0 Å². The standard InChI is InChI=1S/C12H9BrFNO3S/c1-7-4-11(9(14)5-10(7)15(16)17)18-6-12-8(13)2-3-19-12/h2-5H,6H2,1H3. The van der Waals surface area contributed by atoms with Crippen LogP contribution in [0.1, 0.15) is 10.4 Å². The van der Waals surface area contributed by atoms with Gasteiger partial charge in [0.2, 0.25) is 0 Å². The van der Waals surface area contributed by atoms with E-state index >= 15 is 0 Å². The fraction of sp³-hybridized carbons (Fsp3) is 0.167. The summed E-state index contributed by atoms with van der Waals surface area (Å²) in [6.45, 7) is 1.76. The second kappa shape index (κ2) is 5.66. The van der Waals surface area contributed by atoms with Gasteiger partial charge in [-0.25, -0.2) is 4.39 Å². The molecule has 4 nitrogen and oxygen atoms in total. The van der Waals surface area contributed by atoms with Crippen LogP contribution < -0.4 is 4.74 Å². The predicted molar refractivity (Wildman–Crippen MR) is 74.1 cm³/mol. The Kier molecular flexibility index (Phi) is 4.16. The first-order valence-electron chi connectivity index (χ1n) is 5.28. The van der Waals surface area contributed by atoms with E-state index in [4.69, 9.17) is 4.74 Å². The number of hydrogen-bond acceptors (Lipinski definition) is 4. The minimum atomic E-state index is -0.732. The van der Waals surface area contributed by atoms with Crippen LogP contribution in [-0.4, -0.2) is 4.92 Å². The average Bonchev–Trinajstić information content (AvgIpc) is 2.75. The van der Waals surface area contributed by atoms with Crippen molar-refractivity contribution >= 4 is 33.0 Å². The molecular formula is C12H9BrFNO3S. The zero-order chi connectivity index (χ0) is 14.0. The van der Waals surface area contributed by atoms with Crippen LogP contribution in [0.2, 0.25) is 0 Å². The first-order chi connectivity index (χ1) is 8.99. The molecule has 0 aliphatic carbocycles. The smallest absolute Gasteiger partial charge is 0.275 e. The predicted octanol–water partition coefficient (Wildman–Crippen LogP) is 4.45. The third-order valence-corrected chi connectivity index (χ3v) is 4.40. The van der Waals surface area contributed by atoms with Gasteiger partial charge in [0.25, 0.3) is 5.69 Å². The summed E-state index contributed by atoms with van der Waals surface area (Å²) in [7, 11) is 0. The Balaban J connectivity index is 2.20. The Labute approximate surface area is 121 Å². The van der Waals surface area contributed by atoms with Crippen molar-refractivity contribution < 1.29 is 14.1 Å². The molecule has 0 amide bonds. The van der Waals surface area contributed by atoms with Crippen LogP contribution in [0.15, 0.2) is 28.1 Å². The molecule has 1 aromatic carbocycles. The third kappa shape index (κ3) is 3.10. The molecule has 1 aromatic heterocycles. The highest BCUT2D eigenvalue weighted by Crippen LogP contribution is 2.29. The van der Waals surface area contributed by atoms with Gasteiger partial charge in [-0.3, -0.25) is 10.1 Å². The molecule has 7 heteroatoms. The Morgan fingerprint density at radius 1 is 1.53 bits per heavy atom. The van der Waals surface area contributed by atoms with Gasteiger partial charge in [-0.1, -0.05) is 0 Å². The van der Waals surface area contributed by atoms with E-state index in [1.807, 2.05) is 11.4 Å². The summed E-state index contributed by atoms with van der Waals surface area (Å²) in [5.41, 5.74) is 0.119. The quantitative estimate of drug-likeness (QED) is 0.607. The van der Waals surface area contributed by atoms with Gasteiger partial charge in [0.05, 0.1) is 15.9 Å². The zero-order valence-corrected chi connectivity index (χ0v) is 12.3. The van der Waals surface area contributed by atoms with Gasteiger partial charge in [-0.15, -0.1) is 11.3 Å². The molecule has 0 saturated carbocycles. The first kappa shape index (κ1) is 14.0. The van der Waals surface area contributed by atoms with Crippen LogP contribution in [0.3, 0.4) is 0 Å². The number of aryl methyl sites for hydroxylation is 1. The molecule has 0 aliphatic rings. The van der Waals surface area contributed by atoms with Crippen molar-refractivity contribution in [1.29, 1.82) is 0 Å². The molecule has 0 saturated heterocycles. The van der Waals surface area contributed by atoms with Crippen LogP contribution in [0.25, 0.3) is 0 Å². The van der Waals surface area contributed by atoms with Crippen molar-refractivity contribution in [2.24, 2.45) is 0 Å². The molecule has 0 spiro atoms. The molecule has 0 N–H and O–H groups in total. The van der Waals surface area contributed by atoms with E-state index in [0.29, 0.717) is 5.56 Å². The van der Waals surface area contributed by atoms with Crippen LogP contribution in [0, 0.1) is 22.9 Å². The second-order valence-corrected chi connectivity index (χ2v) is 5.66. The lowest BCUT2D eigenvalue weighted by Crippen LogP contribution is -1.99. The lowest BCUT2D eigenvalue weighted by molar-refractivity contribution is -0.385. The maximum Gasteiger partial charge on any atom is 0.275 e. The zero-order valence-electron chi connectivity index (χ0n) is 9.85. The normalized spacial score (nSPS) is 10.5. The van der Waals surface area contributed by atoms with E-state index < -0.39 is 10.7 Å². The fourth-order valence-electron chi connectivity index (χ4n) is 1.52. The summed E-state index contributed by atoms with van der Waals surface area (Å²) in [4.78, 5) is 11.0. The largest absolute Gasteiger partial charge is 0.485 e. The number of nitrogens with zero attached hydrogens (tertiary/aromatic N) is 1. The Morgan fingerprint density at radius 3 is 2.84 bits per heavy atom. The molecule has 100 valence electrons. The molecule has 0 radical (unpaired) electrons. The van der Waals surface area contributed by atoms with E-state index in [2.05, 4.69) is 15.9 Å². The van der Waals surface area contributed by atoms with Crippen LogP contribution in [0.5, 0.6) is 5.75 Å². The summed E-state index contributed by atoms with van der Waals surface area (Å²) in [5.74, 6) is -0.714. The van der Waals surface area contributed by atoms with Crippen molar-refractivity contribution in [3.63, 3.8) is 0 Å². The SMILES string of the molecule is Cc1cc(OCc2sccc2Br)c(F)cc1[N+](=O)[O-]. The maximum absolute atomic E-state index is 13.7. The number of benzene rings is 1. The monoisotopic (exact) mass is 345 g/mol. The number of nitro benzene ring substituents is 1. The van der Waals surface area contributed by atoms with Crippen LogP contribution in [-0.2, 0) is 6.61 Å². The van der Waals surface area contributed by atoms with Crippen molar-refractivity contribution in [2.45, 2.75) is 13.5 Å². The molecule has 2 rings (SSSR count). The summed E-state index contributed by atoms with van der Waals surface area (Å²) >= 11 is 4.84. The molecule has 2 aromatic rings. The minimum absolute atomic E-state index is 0.0170. The molecule has 0 aliphatic heterocycles. The van der Waals surface area contributed by atoms with E-state index in [1.165, 1.54) is 17.4 Å². The molecule has 0 bridgehead atoms. The van der Waals surface area contributed by atoms with Crippen LogP contribution in [0.4, 0.5) is 10.1 Å². The third-order valence-electron chi connectivity index (χ3n) is 2.50. The Hall–Kier alpha value is -1.47. The topological polar surface area (TPSA) is 52.4 Å². The number of halogens is 2. The highest BCUT2D eigenvalue weighted by atomic mass is 79.9. The number of hydrogen-bond donors (Lipinski definition) is 0. The van der Waals surface area contributed by atoms with E-state index in [1.54, 1.807) is 6.92 Å². The van der Waals surface area contributed by atoms with E-state index in [0.717, 1.165) is 15.4 Å². The van der Waals surface area contributed by atoms with Gasteiger partial charge in [-0.2, -0.15) is 0 Å². The summed E-state index contributed by atoms with van der Waals surface area (Å²) in [6.07, 6.45) is 0. The first-order valence-corrected chi connectivity index (χ1v) is 6.95. The number of rotatable bonds is 4. The average molecular weight is 346 g/mol. The number of ether oxygens (including phenoxy) is 1. The second-order valence-electron chi connectivity index (χ2n) is 3.81.